The number of rotatable bonds is 6. The van der Waals surface area contributed by atoms with Crippen molar-refractivity contribution in [2.24, 2.45) is 7.05 Å². The van der Waals surface area contributed by atoms with Crippen molar-refractivity contribution in [1.29, 1.82) is 0 Å². The van der Waals surface area contributed by atoms with E-state index in [1.807, 2.05) is 13.8 Å². The number of pyridine rings is 1. The van der Waals surface area contributed by atoms with Gasteiger partial charge in [0, 0.05) is 13.6 Å². The third-order valence-corrected chi connectivity index (χ3v) is 4.31. The van der Waals surface area contributed by atoms with Crippen LogP contribution in [0.1, 0.15) is 29.8 Å². The van der Waals surface area contributed by atoms with Gasteiger partial charge in [0.15, 0.2) is 5.58 Å². The minimum atomic E-state index is -1.14. The molecule has 162 valence electrons. The molecule has 8 nitrogen and oxygen atoms in total. The van der Waals surface area contributed by atoms with Crippen LogP contribution in [0.3, 0.4) is 0 Å². The number of aliphatic hydroxyl groups excluding tert-OH is 2. The van der Waals surface area contributed by atoms with Crippen LogP contribution in [-0.4, -0.2) is 39.9 Å². The molecule has 0 radical (unpaired) electrons. The molecule has 0 saturated carbocycles. The maximum Gasteiger partial charge on any atom is 0.263 e. The standard InChI is InChI=1S/C19H20FN3O5.C2H6/c1-10-3-4-14(13(20)7-10)22-17-15(18(26)21-8-11(25)9-24)16-12(5-6-28-16)19(27)23(17)2;1-2/h3-7,11,22,24-25H,8-9H2,1-2H3,(H,21,26);1-2H3. The summed E-state index contributed by atoms with van der Waals surface area (Å²) >= 11 is 0. The van der Waals surface area contributed by atoms with E-state index in [1.165, 1.54) is 36.1 Å². The monoisotopic (exact) mass is 419 g/mol. The molecule has 2 heterocycles. The molecule has 1 unspecified atom stereocenters. The summed E-state index contributed by atoms with van der Waals surface area (Å²) < 4.78 is 20.9. The molecule has 0 fully saturated rings. The summed E-state index contributed by atoms with van der Waals surface area (Å²) in [6, 6.07) is 5.95. The lowest BCUT2D eigenvalue weighted by Crippen LogP contribution is -2.35. The van der Waals surface area contributed by atoms with Gasteiger partial charge < -0.3 is 25.3 Å². The smallest absolute Gasteiger partial charge is 0.263 e. The predicted molar refractivity (Wildman–Crippen MR) is 113 cm³/mol. The highest BCUT2D eigenvalue weighted by Gasteiger charge is 2.24. The summed E-state index contributed by atoms with van der Waals surface area (Å²) in [6.45, 7) is 5.00. The predicted octanol–water partition coefficient (Wildman–Crippen LogP) is 2.43. The molecule has 0 aliphatic rings. The summed E-state index contributed by atoms with van der Waals surface area (Å²) in [7, 11) is 1.45. The number of benzene rings is 1. The SMILES string of the molecule is CC.Cc1ccc(Nc2c(C(=O)NCC(O)CO)c3occc3c(=O)n2C)c(F)c1. The summed E-state index contributed by atoms with van der Waals surface area (Å²) in [4.78, 5) is 25.4. The Hall–Kier alpha value is -3.17. The highest BCUT2D eigenvalue weighted by molar-refractivity contribution is 6.09. The van der Waals surface area contributed by atoms with Crippen LogP contribution >= 0.6 is 0 Å². The van der Waals surface area contributed by atoms with E-state index in [-0.39, 0.29) is 34.6 Å². The number of aryl methyl sites for hydroxylation is 1. The van der Waals surface area contributed by atoms with Crippen molar-refractivity contribution < 1.29 is 23.8 Å². The number of fused-ring (bicyclic) bond motifs is 1. The van der Waals surface area contributed by atoms with Crippen molar-refractivity contribution in [1.82, 2.24) is 9.88 Å². The number of amides is 1. The molecule has 1 aromatic carbocycles. The zero-order chi connectivity index (χ0) is 22.4. The summed E-state index contributed by atoms with van der Waals surface area (Å²) in [5.74, 6) is -1.17. The van der Waals surface area contributed by atoms with Gasteiger partial charge in [0.05, 0.1) is 30.0 Å². The van der Waals surface area contributed by atoms with Crippen LogP contribution in [0.25, 0.3) is 11.0 Å². The zero-order valence-electron chi connectivity index (χ0n) is 17.3. The lowest BCUT2D eigenvalue weighted by molar-refractivity contribution is 0.0802. The Morgan fingerprint density at radius 2 is 2.00 bits per heavy atom. The van der Waals surface area contributed by atoms with Gasteiger partial charge in [-0.25, -0.2) is 4.39 Å². The first-order valence-electron chi connectivity index (χ1n) is 9.54. The van der Waals surface area contributed by atoms with Gasteiger partial charge in [-0.3, -0.25) is 14.2 Å². The zero-order valence-corrected chi connectivity index (χ0v) is 17.3. The number of anilines is 2. The first-order valence-corrected chi connectivity index (χ1v) is 9.54. The van der Waals surface area contributed by atoms with Crippen LogP contribution in [0, 0.1) is 12.7 Å². The van der Waals surface area contributed by atoms with E-state index in [2.05, 4.69) is 10.6 Å². The van der Waals surface area contributed by atoms with Crippen LogP contribution in [-0.2, 0) is 7.05 Å². The Kier molecular flexibility index (Phi) is 7.73. The highest BCUT2D eigenvalue weighted by Crippen LogP contribution is 2.28. The Morgan fingerprint density at radius 3 is 2.63 bits per heavy atom. The van der Waals surface area contributed by atoms with E-state index in [4.69, 9.17) is 9.52 Å². The minimum Gasteiger partial charge on any atom is -0.463 e. The van der Waals surface area contributed by atoms with Gasteiger partial charge >= 0.3 is 0 Å². The molecule has 0 aliphatic heterocycles. The molecule has 0 aliphatic carbocycles. The van der Waals surface area contributed by atoms with Gasteiger partial charge in [-0.15, -0.1) is 0 Å². The lowest BCUT2D eigenvalue weighted by atomic mass is 10.1. The van der Waals surface area contributed by atoms with Gasteiger partial charge in [-0.2, -0.15) is 0 Å². The van der Waals surface area contributed by atoms with Crippen molar-refractivity contribution in [3.8, 4) is 0 Å². The Balaban J connectivity index is 0.00000155. The average molecular weight is 419 g/mol. The molecular weight excluding hydrogens is 393 g/mol. The fraction of sp³-hybridized carbons (Fsp3) is 0.333. The van der Waals surface area contributed by atoms with Crippen molar-refractivity contribution in [2.45, 2.75) is 26.9 Å². The summed E-state index contributed by atoms with van der Waals surface area (Å²) in [5, 5.41) is 23.9. The third kappa shape index (κ3) is 4.69. The molecule has 2 aromatic heterocycles. The Bertz CT molecular complexity index is 1090. The van der Waals surface area contributed by atoms with E-state index >= 15 is 0 Å². The lowest BCUT2D eigenvalue weighted by Gasteiger charge is -2.17. The van der Waals surface area contributed by atoms with E-state index in [0.717, 1.165) is 5.56 Å². The Labute approximate surface area is 172 Å². The van der Waals surface area contributed by atoms with Crippen molar-refractivity contribution in [3.63, 3.8) is 0 Å². The molecule has 0 spiro atoms. The average Bonchev–Trinajstić information content (AvgIpc) is 3.22. The van der Waals surface area contributed by atoms with Crippen LogP contribution in [0.2, 0.25) is 0 Å². The number of hydrogen-bond donors (Lipinski definition) is 4. The number of aromatic nitrogens is 1. The number of carbonyl (C=O) groups excluding carboxylic acids is 1. The van der Waals surface area contributed by atoms with Crippen LogP contribution < -0.4 is 16.2 Å². The number of hydrogen-bond acceptors (Lipinski definition) is 6. The number of nitrogens with one attached hydrogen (secondary N) is 2. The second kappa shape index (κ2) is 10.0. The van der Waals surface area contributed by atoms with Gasteiger partial charge in [-0.1, -0.05) is 19.9 Å². The second-order valence-corrected chi connectivity index (χ2v) is 6.41. The summed E-state index contributed by atoms with van der Waals surface area (Å²) in [5.41, 5.74) is 0.386. The number of furan rings is 1. The van der Waals surface area contributed by atoms with Crippen molar-refractivity contribution >= 4 is 28.4 Å². The van der Waals surface area contributed by atoms with Crippen LogP contribution in [0.4, 0.5) is 15.9 Å². The van der Waals surface area contributed by atoms with Crippen LogP contribution in [0.5, 0.6) is 0 Å². The van der Waals surface area contributed by atoms with Gasteiger partial charge in [-0.05, 0) is 30.7 Å². The quantitative estimate of drug-likeness (QED) is 0.488. The number of nitrogens with zero attached hydrogens (tertiary/aromatic N) is 1. The van der Waals surface area contributed by atoms with Gasteiger partial charge in [0.1, 0.15) is 17.2 Å². The molecule has 0 bridgehead atoms. The third-order valence-electron chi connectivity index (χ3n) is 4.31. The number of carbonyl (C=O) groups is 1. The molecule has 30 heavy (non-hydrogen) atoms. The molecule has 9 heteroatoms. The molecule has 0 saturated heterocycles. The van der Waals surface area contributed by atoms with Gasteiger partial charge in [0.25, 0.3) is 11.5 Å². The first-order chi connectivity index (χ1) is 14.3. The highest BCUT2D eigenvalue weighted by atomic mass is 19.1. The summed E-state index contributed by atoms with van der Waals surface area (Å²) in [6.07, 6.45) is 0.135. The van der Waals surface area contributed by atoms with E-state index in [9.17, 15) is 19.1 Å². The van der Waals surface area contributed by atoms with E-state index in [0.29, 0.717) is 0 Å². The molecule has 3 aromatic rings. The normalized spacial score (nSPS) is 11.6. The molecule has 1 atom stereocenters. The van der Waals surface area contributed by atoms with Crippen LogP contribution in [0.15, 0.2) is 39.7 Å². The molecule has 1 amide bonds. The first kappa shape index (κ1) is 23.1. The minimum absolute atomic E-state index is 0.0211. The largest absolute Gasteiger partial charge is 0.463 e. The molecule has 4 N–H and O–H groups in total. The van der Waals surface area contributed by atoms with E-state index in [1.54, 1.807) is 13.0 Å². The topological polar surface area (TPSA) is 117 Å². The van der Waals surface area contributed by atoms with Crippen molar-refractivity contribution in [2.75, 3.05) is 18.5 Å². The molecule has 3 rings (SSSR count). The maximum atomic E-state index is 14.3. The number of halogens is 1. The fourth-order valence-corrected chi connectivity index (χ4v) is 2.80. The van der Waals surface area contributed by atoms with E-state index < -0.39 is 30.0 Å². The van der Waals surface area contributed by atoms with Crippen molar-refractivity contribution in [3.05, 3.63) is 57.8 Å². The fourth-order valence-electron chi connectivity index (χ4n) is 2.80. The number of aliphatic hydroxyl groups is 2. The van der Waals surface area contributed by atoms with Gasteiger partial charge in [0.2, 0.25) is 0 Å². The maximum absolute atomic E-state index is 14.3. The Morgan fingerprint density at radius 1 is 1.30 bits per heavy atom. The second-order valence-electron chi connectivity index (χ2n) is 6.41. The molecular formula is C21H26FN3O5.